The summed E-state index contributed by atoms with van der Waals surface area (Å²) in [6.45, 7) is 7.12. The summed E-state index contributed by atoms with van der Waals surface area (Å²) in [7, 11) is -3.56. The number of aromatic nitrogens is 2. The average molecular weight is 466 g/mol. The minimum Gasteiger partial charge on any atom is -0.340 e. The molecule has 168 valence electrons. The fraction of sp³-hybridized carbons (Fsp3) is 0.500. The van der Waals surface area contributed by atoms with Crippen LogP contribution in [0.4, 0.5) is 5.13 Å². The van der Waals surface area contributed by atoms with Gasteiger partial charge in [0.05, 0.1) is 4.90 Å². The summed E-state index contributed by atoms with van der Waals surface area (Å²) < 4.78 is 26.7. The number of carbonyl (C=O) groups is 2. The molecule has 2 aromatic rings. The van der Waals surface area contributed by atoms with Crippen molar-refractivity contribution < 1.29 is 18.0 Å². The fourth-order valence-corrected chi connectivity index (χ4v) is 5.32. The predicted molar refractivity (Wildman–Crippen MR) is 118 cm³/mol. The van der Waals surface area contributed by atoms with E-state index in [2.05, 4.69) is 15.5 Å². The van der Waals surface area contributed by atoms with Gasteiger partial charge in [-0.1, -0.05) is 50.3 Å². The van der Waals surface area contributed by atoms with Gasteiger partial charge >= 0.3 is 0 Å². The van der Waals surface area contributed by atoms with Gasteiger partial charge in [0.25, 0.3) is 0 Å². The first-order valence-electron chi connectivity index (χ1n) is 10.0. The second-order valence-electron chi connectivity index (χ2n) is 8.31. The van der Waals surface area contributed by atoms with Crippen molar-refractivity contribution in [1.29, 1.82) is 0 Å². The Bertz CT molecular complexity index is 1020. The molecule has 1 N–H and O–H groups in total. The first kappa shape index (κ1) is 23.3. The normalized spacial score (nSPS) is 15.6. The quantitative estimate of drug-likeness (QED) is 0.699. The first-order chi connectivity index (χ1) is 14.6. The molecule has 0 unspecified atom stereocenters. The van der Waals surface area contributed by atoms with Gasteiger partial charge in [-0.3, -0.25) is 9.59 Å². The minimum absolute atomic E-state index is 0.0335. The van der Waals surface area contributed by atoms with Crippen LogP contribution in [0.25, 0.3) is 0 Å². The van der Waals surface area contributed by atoms with E-state index in [4.69, 9.17) is 0 Å². The number of amides is 2. The number of anilines is 1. The Morgan fingerprint density at radius 1 is 1.03 bits per heavy atom. The molecule has 3 rings (SSSR count). The lowest BCUT2D eigenvalue weighted by atomic mass is 9.98. The number of benzene rings is 1. The molecular weight excluding hydrogens is 438 g/mol. The molecule has 0 spiro atoms. The zero-order chi connectivity index (χ0) is 22.6. The van der Waals surface area contributed by atoms with Crippen molar-refractivity contribution in [1.82, 2.24) is 19.4 Å². The van der Waals surface area contributed by atoms with Crippen molar-refractivity contribution in [2.45, 2.75) is 43.9 Å². The van der Waals surface area contributed by atoms with Gasteiger partial charge in [-0.15, -0.1) is 10.2 Å². The predicted octanol–water partition coefficient (Wildman–Crippen LogP) is 2.09. The molecule has 1 saturated heterocycles. The number of sulfonamides is 1. The first-order valence-corrected chi connectivity index (χ1v) is 12.3. The summed E-state index contributed by atoms with van der Waals surface area (Å²) in [5, 5.41) is 12.0. The number of nitrogens with zero attached hydrogens (tertiary/aromatic N) is 4. The topological polar surface area (TPSA) is 113 Å². The molecule has 11 heteroatoms. The second kappa shape index (κ2) is 9.41. The van der Waals surface area contributed by atoms with Crippen LogP contribution in [0.3, 0.4) is 0 Å². The van der Waals surface area contributed by atoms with Gasteiger partial charge in [0, 0.05) is 44.4 Å². The van der Waals surface area contributed by atoms with Crippen molar-refractivity contribution in [2.75, 3.05) is 31.5 Å². The summed E-state index contributed by atoms with van der Waals surface area (Å²) in [6.07, 6.45) is 0.0913. The molecule has 0 saturated carbocycles. The third-order valence-electron chi connectivity index (χ3n) is 4.85. The van der Waals surface area contributed by atoms with Crippen molar-refractivity contribution in [3.8, 4) is 0 Å². The van der Waals surface area contributed by atoms with Crippen LogP contribution in [0.1, 0.15) is 38.6 Å². The molecule has 0 bridgehead atoms. The van der Waals surface area contributed by atoms with Crippen molar-refractivity contribution in [3.05, 3.63) is 35.3 Å². The lowest BCUT2D eigenvalue weighted by Gasteiger charge is -2.34. The van der Waals surface area contributed by atoms with E-state index in [1.165, 1.54) is 15.6 Å². The van der Waals surface area contributed by atoms with Crippen LogP contribution in [0.15, 0.2) is 35.2 Å². The van der Waals surface area contributed by atoms with Crippen LogP contribution in [0.5, 0.6) is 0 Å². The SMILES string of the molecule is CC(C)(C)c1nnc(NC(=O)CCC(=O)N2CCN(S(=O)(=O)c3ccccc3)CC2)s1. The summed E-state index contributed by atoms with van der Waals surface area (Å²) in [6, 6.07) is 8.26. The number of hydrogen-bond acceptors (Lipinski definition) is 7. The van der Waals surface area contributed by atoms with Crippen molar-refractivity contribution in [3.63, 3.8) is 0 Å². The van der Waals surface area contributed by atoms with E-state index in [1.807, 2.05) is 20.8 Å². The highest BCUT2D eigenvalue weighted by atomic mass is 32.2. The highest BCUT2D eigenvalue weighted by molar-refractivity contribution is 7.89. The molecular formula is C20H27N5O4S2. The van der Waals surface area contributed by atoms with Gasteiger partial charge in [0.2, 0.25) is 27.0 Å². The van der Waals surface area contributed by atoms with Crippen LogP contribution >= 0.6 is 11.3 Å². The highest BCUT2D eigenvalue weighted by Gasteiger charge is 2.30. The van der Waals surface area contributed by atoms with Crippen LogP contribution < -0.4 is 5.32 Å². The van der Waals surface area contributed by atoms with Crippen LogP contribution in [0, 0.1) is 0 Å². The largest absolute Gasteiger partial charge is 0.340 e. The van der Waals surface area contributed by atoms with Crippen LogP contribution in [0.2, 0.25) is 0 Å². The Balaban J connectivity index is 1.46. The molecule has 0 atom stereocenters. The number of rotatable bonds is 6. The summed E-state index contributed by atoms with van der Waals surface area (Å²) in [4.78, 5) is 26.5. The summed E-state index contributed by atoms with van der Waals surface area (Å²) >= 11 is 1.32. The van der Waals surface area contributed by atoms with Gasteiger partial charge < -0.3 is 10.2 Å². The van der Waals surface area contributed by atoms with E-state index in [-0.39, 0.29) is 48.1 Å². The number of hydrogen-bond donors (Lipinski definition) is 1. The van der Waals surface area contributed by atoms with Gasteiger partial charge in [-0.05, 0) is 12.1 Å². The number of piperazine rings is 1. The molecule has 1 aliphatic heterocycles. The molecule has 0 aliphatic carbocycles. The number of carbonyl (C=O) groups excluding carboxylic acids is 2. The zero-order valence-corrected chi connectivity index (χ0v) is 19.5. The Hall–Kier alpha value is -2.37. The third-order valence-corrected chi connectivity index (χ3v) is 8.03. The van der Waals surface area contributed by atoms with Crippen LogP contribution in [-0.4, -0.2) is 65.8 Å². The van der Waals surface area contributed by atoms with Gasteiger partial charge in [0.15, 0.2) is 0 Å². The monoisotopic (exact) mass is 465 g/mol. The standard InChI is InChI=1S/C20H27N5O4S2/c1-20(2,3)18-22-23-19(30-18)21-16(26)9-10-17(27)24-11-13-25(14-12-24)31(28,29)15-7-5-4-6-8-15/h4-8H,9-14H2,1-3H3,(H,21,23,26). The Morgan fingerprint density at radius 3 is 2.26 bits per heavy atom. The summed E-state index contributed by atoms with van der Waals surface area (Å²) in [5.74, 6) is -0.463. The maximum Gasteiger partial charge on any atom is 0.243 e. The third kappa shape index (κ3) is 5.86. The van der Waals surface area contributed by atoms with E-state index in [9.17, 15) is 18.0 Å². The molecule has 0 radical (unpaired) electrons. The van der Waals surface area contributed by atoms with Crippen molar-refractivity contribution >= 4 is 38.3 Å². The molecule has 31 heavy (non-hydrogen) atoms. The van der Waals surface area contributed by atoms with E-state index >= 15 is 0 Å². The van der Waals surface area contributed by atoms with Crippen molar-refractivity contribution in [2.24, 2.45) is 0 Å². The number of nitrogens with one attached hydrogen (secondary N) is 1. The average Bonchev–Trinajstić information content (AvgIpc) is 3.22. The second-order valence-corrected chi connectivity index (χ2v) is 11.2. The lowest BCUT2D eigenvalue weighted by Crippen LogP contribution is -2.50. The molecule has 2 amide bonds. The fourth-order valence-electron chi connectivity index (χ4n) is 3.06. The van der Waals surface area contributed by atoms with Gasteiger partial charge in [-0.2, -0.15) is 4.31 Å². The lowest BCUT2D eigenvalue weighted by molar-refractivity contribution is -0.133. The maximum absolute atomic E-state index is 12.7. The molecule has 1 fully saturated rings. The smallest absolute Gasteiger partial charge is 0.243 e. The van der Waals surface area contributed by atoms with E-state index < -0.39 is 10.0 Å². The molecule has 1 aromatic heterocycles. The Kier molecular flexibility index (Phi) is 7.07. The Morgan fingerprint density at radius 2 is 1.68 bits per heavy atom. The van der Waals surface area contributed by atoms with E-state index in [0.29, 0.717) is 18.2 Å². The molecule has 1 aliphatic rings. The van der Waals surface area contributed by atoms with Gasteiger partial charge in [-0.25, -0.2) is 8.42 Å². The summed E-state index contributed by atoms with van der Waals surface area (Å²) in [5.41, 5.74) is -0.146. The molecule has 1 aromatic carbocycles. The highest BCUT2D eigenvalue weighted by Crippen LogP contribution is 2.27. The zero-order valence-electron chi connectivity index (χ0n) is 17.9. The van der Waals surface area contributed by atoms with E-state index in [0.717, 1.165) is 5.01 Å². The maximum atomic E-state index is 12.7. The Labute approximate surface area is 186 Å². The van der Waals surface area contributed by atoms with Gasteiger partial charge in [0.1, 0.15) is 5.01 Å². The molecule has 9 nitrogen and oxygen atoms in total. The van der Waals surface area contributed by atoms with E-state index in [1.54, 1.807) is 35.2 Å². The minimum atomic E-state index is -3.56. The molecule has 2 heterocycles. The van der Waals surface area contributed by atoms with Crippen LogP contribution in [-0.2, 0) is 25.0 Å².